The first-order chi connectivity index (χ1) is 8.00. The topological polar surface area (TPSA) is 30.0 Å². The SMILES string of the molecule is CC(=O)CC(C)(C)C1CCCc2cccnc21. The van der Waals surface area contributed by atoms with E-state index >= 15 is 0 Å². The number of pyridine rings is 1. The van der Waals surface area contributed by atoms with Gasteiger partial charge in [-0.15, -0.1) is 0 Å². The highest BCUT2D eigenvalue weighted by Crippen LogP contribution is 2.44. The summed E-state index contributed by atoms with van der Waals surface area (Å²) >= 11 is 0. The molecule has 1 aromatic heterocycles. The lowest BCUT2D eigenvalue weighted by atomic mass is 9.68. The number of carbonyl (C=O) groups is 1. The summed E-state index contributed by atoms with van der Waals surface area (Å²) in [5.74, 6) is 0.703. The lowest BCUT2D eigenvalue weighted by Crippen LogP contribution is -2.28. The third-order valence-electron chi connectivity index (χ3n) is 3.84. The van der Waals surface area contributed by atoms with Crippen LogP contribution < -0.4 is 0 Å². The average molecular weight is 231 g/mol. The highest BCUT2D eigenvalue weighted by atomic mass is 16.1. The van der Waals surface area contributed by atoms with Gasteiger partial charge in [0.25, 0.3) is 0 Å². The summed E-state index contributed by atoms with van der Waals surface area (Å²) in [5, 5.41) is 0. The molecule has 1 aliphatic rings. The Morgan fingerprint density at radius 3 is 3.00 bits per heavy atom. The summed E-state index contributed by atoms with van der Waals surface area (Å²) in [6, 6.07) is 4.19. The third kappa shape index (κ3) is 2.56. The van der Waals surface area contributed by atoms with Crippen molar-refractivity contribution in [3.8, 4) is 0 Å². The zero-order valence-electron chi connectivity index (χ0n) is 11.0. The maximum absolute atomic E-state index is 11.4. The van der Waals surface area contributed by atoms with E-state index < -0.39 is 0 Å². The molecule has 0 aliphatic heterocycles. The molecule has 2 nitrogen and oxygen atoms in total. The van der Waals surface area contributed by atoms with Crippen molar-refractivity contribution < 1.29 is 4.79 Å². The Kier molecular flexibility index (Phi) is 3.32. The molecule has 0 radical (unpaired) electrons. The number of fused-ring (bicyclic) bond motifs is 1. The molecule has 1 heterocycles. The predicted molar refractivity (Wildman–Crippen MR) is 69.0 cm³/mol. The van der Waals surface area contributed by atoms with Gasteiger partial charge in [0.1, 0.15) is 5.78 Å². The Morgan fingerprint density at radius 2 is 2.29 bits per heavy atom. The van der Waals surface area contributed by atoms with Crippen molar-refractivity contribution in [2.45, 2.75) is 52.4 Å². The molecule has 0 N–H and O–H groups in total. The second-order valence-corrected chi connectivity index (χ2v) is 5.86. The van der Waals surface area contributed by atoms with Gasteiger partial charge >= 0.3 is 0 Å². The molecule has 0 saturated carbocycles. The van der Waals surface area contributed by atoms with Crippen molar-refractivity contribution in [1.82, 2.24) is 4.98 Å². The lowest BCUT2D eigenvalue weighted by Gasteiger charge is -2.37. The smallest absolute Gasteiger partial charge is 0.130 e. The van der Waals surface area contributed by atoms with Gasteiger partial charge in [-0.25, -0.2) is 0 Å². The first-order valence-corrected chi connectivity index (χ1v) is 6.44. The Hall–Kier alpha value is -1.18. The van der Waals surface area contributed by atoms with E-state index in [9.17, 15) is 4.79 Å². The second-order valence-electron chi connectivity index (χ2n) is 5.86. The highest BCUT2D eigenvalue weighted by molar-refractivity contribution is 5.76. The van der Waals surface area contributed by atoms with Gasteiger partial charge in [-0.05, 0) is 43.2 Å². The summed E-state index contributed by atoms with van der Waals surface area (Å²) in [6.45, 7) is 6.08. The molecular formula is C15H21NO. The quantitative estimate of drug-likeness (QED) is 0.796. The molecule has 0 bridgehead atoms. The molecule has 0 fully saturated rings. The number of rotatable bonds is 3. The van der Waals surface area contributed by atoms with Gasteiger partial charge in [-0.3, -0.25) is 4.98 Å². The van der Waals surface area contributed by atoms with E-state index in [0.29, 0.717) is 12.3 Å². The Balaban J connectivity index is 2.32. The molecular weight excluding hydrogens is 210 g/mol. The molecule has 0 aromatic carbocycles. The minimum absolute atomic E-state index is 0.0232. The third-order valence-corrected chi connectivity index (χ3v) is 3.84. The normalized spacial score (nSPS) is 19.8. The van der Waals surface area contributed by atoms with Crippen LogP contribution in [0.1, 0.15) is 57.2 Å². The average Bonchev–Trinajstić information content (AvgIpc) is 2.26. The molecule has 17 heavy (non-hydrogen) atoms. The first-order valence-electron chi connectivity index (χ1n) is 6.44. The molecule has 1 aromatic rings. The van der Waals surface area contributed by atoms with E-state index in [-0.39, 0.29) is 11.2 Å². The van der Waals surface area contributed by atoms with Crippen LogP contribution in [0.4, 0.5) is 0 Å². The number of aromatic nitrogens is 1. The van der Waals surface area contributed by atoms with Gasteiger partial charge < -0.3 is 4.79 Å². The van der Waals surface area contributed by atoms with Gasteiger partial charge in [0.2, 0.25) is 0 Å². The molecule has 2 rings (SSSR count). The molecule has 1 atom stereocenters. The zero-order valence-corrected chi connectivity index (χ0v) is 11.0. The van der Waals surface area contributed by atoms with Crippen LogP contribution in [0.5, 0.6) is 0 Å². The van der Waals surface area contributed by atoms with Crippen LogP contribution in [0.2, 0.25) is 0 Å². The maximum atomic E-state index is 11.4. The summed E-state index contributed by atoms with van der Waals surface area (Å²) < 4.78 is 0. The minimum Gasteiger partial charge on any atom is -0.300 e. The zero-order chi connectivity index (χ0) is 12.5. The predicted octanol–water partition coefficient (Wildman–Crippen LogP) is 3.51. The number of Topliss-reactive ketones (excluding diaryl/α,β-unsaturated/α-hetero) is 1. The van der Waals surface area contributed by atoms with Crippen LogP contribution in [0, 0.1) is 5.41 Å². The molecule has 0 saturated heterocycles. The van der Waals surface area contributed by atoms with E-state index in [1.165, 1.54) is 17.7 Å². The fourth-order valence-corrected chi connectivity index (χ4v) is 3.14. The number of hydrogen-bond acceptors (Lipinski definition) is 2. The van der Waals surface area contributed by atoms with Gasteiger partial charge in [-0.2, -0.15) is 0 Å². The molecule has 1 unspecified atom stereocenters. The summed E-state index contributed by atoms with van der Waals surface area (Å²) in [6.07, 6.45) is 6.03. The molecule has 92 valence electrons. The van der Waals surface area contributed by atoms with E-state index in [4.69, 9.17) is 0 Å². The molecule has 0 spiro atoms. The van der Waals surface area contributed by atoms with Crippen LogP contribution in [0.15, 0.2) is 18.3 Å². The van der Waals surface area contributed by atoms with E-state index in [1.54, 1.807) is 6.92 Å². The summed E-state index contributed by atoms with van der Waals surface area (Å²) in [5.41, 5.74) is 2.63. The maximum Gasteiger partial charge on any atom is 0.130 e. The van der Waals surface area contributed by atoms with Crippen LogP contribution >= 0.6 is 0 Å². The minimum atomic E-state index is 0.0232. The highest BCUT2D eigenvalue weighted by Gasteiger charge is 2.35. The Morgan fingerprint density at radius 1 is 1.53 bits per heavy atom. The van der Waals surface area contributed by atoms with Crippen LogP contribution in [-0.4, -0.2) is 10.8 Å². The molecule has 1 aliphatic carbocycles. The molecule has 0 amide bonds. The van der Waals surface area contributed by atoms with E-state index in [1.807, 2.05) is 12.3 Å². The number of carbonyl (C=O) groups excluding carboxylic acids is 1. The number of nitrogens with zero attached hydrogens (tertiary/aromatic N) is 1. The number of hydrogen-bond donors (Lipinski definition) is 0. The van der Waals surface area contributed by atoms with Gasteiger partial charge in [0.15, 0.2) is 0 Å². The first kappa shape index (κ1) is 12.3. The monoisotopic (exact) mass is 231 g/mol. The fourth-order valence-electron chi connectivity index (χ4n) is 3.14. The Bertz CT molecular complexity index is 423. The summed E-state index contributed by atoms with van der Waals surface area (Å²) in [4.78, 5) is 16.0. The fraction of sp³-hybridized carbons (Fsp3) is 0.600. The van der Waals surface area contributed by atoms with Crippen molar-refractivity contribution in [3.05, 3.63) is 29.6 Å². The van der Waals surface area contributed by atoms with Crippen LogP contribution in [0.3, 0.4) is 0 Å². The van der Waals surface area contributed by atoms with Crippen LogP contribution in [-0.2, 0) is 11.2 Å². The van der Waals surface area contributed by atoms with Gasteiger partial charge in [0, 0.05) is 24.2 Å². The summed E-state index contributed by atoms with van der Waals surface area (Å²) in [7, 11) is 0. The number of ketones is 1. The van der Waals surface area contributed by atoms with Crippen molar-refractivity contribution in [2.75, 3.05) is 0 Å². The standard InChI is InChI=1S/C15H21NO/c1-11(17)10-15(2,3)13-8-4-6-12-7-5-9-16-14(12)13/h5,7,9,13H,4,6,8,10H2,1-3H3. The van der Waals surface area contributed by atoms with Gasteiger partial charge in [-0.1, -0.05) is 19.9 Å². The Labute approximate surface area is 103 Å². The van der Waals surface area contributed by atoms with Gasteiger partial charge in [0.05, 0.1) is 0 Å². The molecule has 2 heteroatoms. The second kappa shape index (κ2) is 4.59. The van der Waals surface area contributed by atoms with Crippen molar-refractivity contribution in [1.29, 1.82) is 0 Å². The van der Waals surface area contributed by atoms with E-state index in [2.05, 4.69) is 24.9 Å². The van der Waals surface area contributed by atoms with Crippen LogP contribution in [0.25, 0.3) is 0 Å². The largest absolute Gasteiger partial charge is 0.300 e. The van der Waals surface area contributed by atoms with Crippen molar-refractivity contribution in [3.63, 3.8) is 0 Å². The van der Waals surface area contributed by atoms with Crippen molar-refractivity contribution >= 4 is 5.78 Å². The lowest BCUT2D eigenvalue weighted by molar-refractivity contribution is -0.119. The van der Waals surface area contributed by atoms with E-state index in [0.717, 1.165) is 12.8 Å². The number of aryl methyl sites for hydroxylation is 1. The van der Waals surface area contributed by atoms with Crippen molar-refractivity contribution in [2.24, 2.45) is 5.41 Å².